The van der Waals surface area contributed by atoms with Gasteiger partial charge in [-0.05, 0) is 36.4 Å². The number of amides is 1. The Morgan fingerprint density at radius 3 is 2.39 bits per heavy atom. The van der Waals surface area contributed by atoms with Crippen molar-refractivity contribution in [3.05, 3.63) is 54.1 Å². The number of nitrogens with zero attached hydrogens (tertiary/aromatic N) is 1. The van der Waals surface area contributed by atoms with Gasteiger partial charge in [-0.1, -0.05) is 0 Å². The van der Waals surface area contributed by atoms with Gasteiger partial charge in [0.15, 0.2) is 0 Å². The Morgan fingerprint density at radius 2 is 1.78 bits per heavy atom. The molecule has 4 nitrogen and oxygen atoms in total. The highest BCUT2D eigenvalue weighted by Gasteiger charge is 2.06. The van der Waals surface area contributed by atoms with Crippen LogP contribution in [0.1, 0.15) is 6.42 Å². The van der Waals surface area contributed by atoms with Crippen LogP contribution in [0.3, 0.4) is 0 Å². The van der Waals surface area contributed by atoms with Gasteiger partial charge in [0, 0.05) is 44.5 Å². The van der Waals surface area contributed by atoms with Crippen molar-refractivity contribution in [3.8, 4) is 0 Å². The molecule has 0 saturated carbocycles. The Hall–Kier alpha value is -2.63. The zero-order valence-electron chi connectivity index (χ0n) is 13.1. The van der Waals surface area contributed by atoms with Crippen molar-refractivity contribution in [1.82, 2.24) is 0 Å². The van der Waals surface area contributed by atoms with Gasteiger partial charge < -0.3 is 15.5 Å². The number of anilines is 3. The summed E-state index contributed by atoms with van der Waals surface area (Å²) in [4.78, 5) is 13.8. The van der Waals surface area contributed by atoms with E-state index in [1.165, 1.54) is 6.07 Å². The van der Waals surface area contributed by atoms with E-state index in [2.05, 4.69) is 10.6 Å². The molecule has 0 aromatic heterocycles. The second kappa shape index (κ2) is 7.58. The van der Waals surface area contributed by atoms with E-state index < -0.39 is 11.6 Å². The van der Waals surface area contributed by atoms with Gasteiger partial charge in [0.1, 0.15) is 11.6 Å². The van der Waals surface area contributed by atoms with Gasteiger partial charge in [-0.25, -0.2) is 8.78 Å². The van der Waals surface area contributed by atoms with Gasteiger partial charge >= 0.3 is 0 Å². The molecule has 0 fully saturated rings. The second-order valence-electron chi connectivity index (χ2n) is 5.29. The van der Waals surface area contributed by atoms with E-state index in [1.807, 2.05) is 43.3 Å². The summed E-state index contributed by atoms with van der Waals surface area (Å²) < 4.78 is 26.2. The van der Waals surface area contributed by atoms with E-state index in [4.69, 9.17) is 0 Å². The molecule has 122 valence electrons. The zero-order valence-corrected chi connectivity index (χ0v) is 13.1. The lowest BCUT2D eigenvalue weighted by Gasteiger charge is -2.13. The summed E-state index contributed by atoms with van der Waals surface area (Å²) in [5.41, 5.74) is 1.92. The minimum Gasteiger partial charge on any atom is -0.382 e. The molecular formula is C17H19F2N3O. The molecule has 0 atom stereocenters. The summed E-state index contributed by atoms with van der Waals surface area (Å²) >= 11 is 0. The van der Waals surface area contributed by atoms with Gasteiger partial charge in [0.25, 0.3) is 0 Å². The third-order valence-corrected chi connectivity index (χ3v) is 3.27. The molecule has 23 heavy (non-hydrogen) atoms. The third kappa shape index (κ3) is 4.95. The quantitative estimate of drug-likeness (QED) is 0.857. The van der Waals surface area contributed by atoms with Crippen molar-refractivity contribution < 1.29 is 13.6 Å². The van der Waals surface area contributed by atoms with E-state index in [9.17, 15) is 13.6 Å². The van der Waals surface area contributed by atoms with Crippen LogP contribution in [0, 0.1) is 11.6 Å². The van der Waals surface area contributed by atoms with Gasteiger partial charge in [-0.2, -0.15) is 0 Å². The first-order valence-electron chi connectivity index (χ1n) is 7.22. The fourth-order valence-electron chi connectivity index (χ4n) is 2.01. The maximum atomic E-state index is 13.4. The Labute approximate surface area is 134 Å². The zero-order chi connectivity index (χ0) is 16.8. The van der Waals surface area contributed by atoms with E-state index in [0.29, 0.717) is 5.69 Å². The molecule has 0 unspecified atom stereocenters. The molecule has 0 aliphatic heterocycles. The number of rotatable bonds is 6. The molecular weight excluding hydrogens is 300 g/mol. The maximum absolute atomic E-state index is 13.4. The monoisotopic (exact) mass is 319 g/mol. The van der Waals surface area contributed by atoms with Gasteiger partial charge in [-0.3, -0.25) is 4.79 Å². The smallest absolute Gasteiger partial charge is 0.226 e. The van der Waals surface area contributed by atoms with Crippen molar-refractivity contribution in [3.63, 3.8) is 0 Å². The highest BCUT2D eigenvalue weighted by molar-refractivity contribution is 5.91. The number of hydrogen-bond donors (Lipinski definition) is 2. The minimum atomic E-state index is -0.676. The van der Waals surface area contributed by atoms with Gasteiger partial charge in [-0.15, -0.1) is 0 Å². The fraction of sp³-hybridized carbons (Fsp3) is 0.235. The lowest BCUT2D eigenvalue weighted by Crippen LogP contribution is -2.16. The molecule has 2 aromatic rings. The predicted molar refractivity (Wildman–Crippen MR) is 88.9 cm³/mol. The molecule has 0 radical (unpaired) electrons. The molecule has 0 saturated heterocycles. The lowest BCUT2D eigenvalue weighted by molar-refractivity contribution is -0.115. The molecule has 0 bridgehead atoms. The molecule has 0 aliphatic carbocycles. The fourth-order valence-corrected chi connectivity index (χ4v) is 2.01. The summed E-state index contributed by atoms with van der Waals surface area (Å²) in [5.74, 6) is -1.49. The minimum absolute atomic E-state index is 0.173. The van der Waals surface area contributed by atoms with E-state index in [1.54, 1.807) is 0 Å². The van der Waals surface area contributed by atoms with Gasteiger partial charge in [0.2, 0.25) is 5.91 Å². The van der Waals surface area contributed by atoms with Crippen LogP contribution in [0.2, 0.25) is 0 Å². The Morgan fingerprint density at radius 1 is 1.09 bits per heavy atom. The Bertz CT molecular complexity index is 672. The topological polar surface area (TPSA) is 44.4 Å². The highest BCUT2D eigenvalue weighted by Crippen LogP contribution is 2.16. The normalized spacial score (nSPS) is 10.3. The van der Waals surface area contributed by atoms with Crippen molar-refractivity contribution in [2.24, 2.45) is 0 Å². The summed E-state index contributed by atoms with van der Waals surface area (Å²) in [5, 5.41) is 5.54. The van der Waals surface area contributed by atoms with Crippen molar-refractivity contribution in [2.45, 2.75) is 6.42 Å². The summed E-state index contributed by atoms with van der Waals surface area (Å²) in [6.07, 6.45) is 0.173. The summed E-state index contributed by atoms with van der Waals surface area (Å²) in [6.45, 7) is 0.254. The van der Waals surface area contributed by atoms with E-state index in [-0.39, 0.29) is 24.6 Å². The Kier molecular flexibility index (Phi) is 5.51. The molecule has 6 heteroatoms. The third-order valence-electron chi connectivity index (χ3n) is 3.27. The van der Waals surface area contributed by atoms with E-state index in [0.717, 1.165) is 17.8 Å². The molecule has 0 heterocycles. The van der Waals surface area contributed by atoms with Crippen LogP contribution in [-0.4, -0.2) is 26.5 Å². The molecule has 0 spiro atoms. The number of benzene rings is 2. The van der Waals surface area contributed by atoms with Crippen LogP contribution in [0.15, 0.2) is 42.5 Å². The lowest BCUT2D eigenvalue weighted by atomic mass is 10.2. The first-order valence-corrected chi connectivity index (χ1v) is 7.22. The molecule has 1 amide bonds. The number of halogens is 2. The van der Waals surface area contributed by atoms with Crippen molar-refractivity contribution in [1.29, 1.82) is 0 Å². The van der Waals surface area contributed by atoms with E-state index >= 15 is 0 Å². The van der Waals surface area contributed by atoms with Crippen LogP contribution in [-0.2, 0) is 4.79 Å². The average Bonchev–Trinajstić information content (AvgIpc) is 2.50. The predicted octanol–water partition coefficient (Wildman–Crippen LogP) is 3.47. The molecule has 2 aromatic carbocycles. The van der Waals surface area contributed by atoms with Crippen molar-refractivity contribution >= 4 is 23.0 Å². The Balaban J connectivity index is 1.80. The average molecular weight is 319 g/mol. The second-order valence-corrected chi connectivity index (χ2v) is 5.29. The largest absolute Gasteiger partial charge is 0.382 e. The first-order chi connectivity index (χ1) is 11.0. The van der Waals surface area contributed by atoms with Crippen LogP contribution < -0.4 is 15.5 Å². The van der Waals surface area contributed by atoms with Crippen LogP contribution >= 0.6 is 0 Å². The SMILES string of the molecule is CN(C)c1ccc(NC(=O)CCNc2ccc(F)cc2F)cc1. The molecule has 2 rings (SSSR count). The van der Waals surface area contributed by atoms with Crippen LogP contribution in [0.25, 0.3) is 0 Å². The van der Waals surface area contributed by atoms with Crippen molar-refractivity contribution in [2.75, 3.05) is 36.2 Å². The molecule has 0 aliphatic rings. The number of hydrogen-bond acceptors (Lipinski definition) is 3. The molecule has 2 N–H and O–H groups in total. The number of carbonyl (C=O) groups is 1. The number of nitrogens with one attached hydrogen (secondary N) is 2. The van der Waals surface area contributed by atoms with Crippen LogP contribution in [0.4, 0.5) is 25.8 Å². The summed E-state index contributed by atoms with van der Waals surface area (Å²) in [6, 6.07) is 10.7. The summed E-state index contributed by atoms with van der Waals surface area (Å²) in [7, 11) is 3.88. The van der Waals surface area contributed by atoms with Crippen LogP contribution in [0.5, 0.6) is 0 Å². The maximum Gasteiger partial charge on any atom is 0.226 e. The highest BCUT2D eigenvalue weighted by atomic mass is 19.1. The number of carbonyl (C=O) groups excluding carboxylic acids is 1. The first kappa shape index (κ1) is 16.7. The van der Waals surface area contributed by atoms with Gasteiger partial charge in [0.05, 0.1) is 5.69 Å². The standard InChI is InChI=1S/C17H19F2N3O/c1-22(2)14-6-4-13(5-7-14)21-17(23)9-10-20-16-8-3-12(18)11-15(16)19/h3-8,11,20H,9-10H2,1-2H3,(H,21,23).